The summed E-state index contributed by atoms with van der Waals surface area (Å²) in [6.07, 6.45) is -4.49. The molecule has 0 spiro atoms. The smallest absolute Gasteiger partial charge is 0.354 e. The van der Waals surface area contributed by atoms with Gasteiger partial charge in [0.05, 0.1) is 18.5 Å². The second kappa shape index (κ2) is 9.12. The first-order chi connectivity index (χ1) is 13.7. The monoisotopic (exact) mass is 517 g/mol. The summed E-state index contributed by atoms with van der Waals surface area (Å²) in [4.78, 5) is 25.4. The third-order valence-corrected chi connectivity index (χ3v) is 5.14. The lowest BCUT2D eigenvalue weighted by molar-refractivity contribution is -0.138. The van der Waals surface area contributed by atoms with Crippen LogP contribution in [-0.2, 0) is 28.7 Å². The molecule has 0 atom stereocenters. The van der Waals surface area contributed by atoms with E-state index in [1.54, 1.807) is 11.0 Å². The minimum absolute atomic E-state index is 0.0128. The molecule has 1 saturated heterocycles. The van der Waals surface area contributed by atoms with Gasteiger partial charge in [-0.15, -0.1) is 0 Å². The maximum Gasteiger partial charge on any atom is 0.416 e. The van der Waals surface area contributed by atoms with Gasteiger partial charge in [-0.1, -0.05) is 18.2 Å². The fourth-order valence-electron chi connectivity index (χ4n) is 3.16. The van der Waals surface area contributed by atoms with E-state index >= 15 is 0 Å². The molecule has 0 bridgehead atoms. The first kappa shape index (κ1) is 21.6. The average molecular weight is 517 g/mol. The van der Waals surface area contributed by atoms with Gasteiger partial charge in [-0.05, 0) is 58.0 Å². The second-order valence-corrected chi connectivity index (χ2v) is 8.03. The van der Waals surface area contributed by atoms with Crippen LogP contribution in [0.4, 0.5) is 18.9 Å². The SMILES string of the molecule is O=C1CN(Cc2ccc(NC(=O)Cc3cccc(I)c3)cc2C(F)(F)F)CCN1. The topological polar surface area (TPSA) is 61.4 Å². The largest absolute Gasteiger partial charge is 0.416 e. The number of carbonyl (C=O) groups is 2. The molecule has 3 rings (SSSR count). The number of carbonyl (C=O) groups excluding carboxylic acids is 2. The third kappa shape index (κ3) is 6.17. The molecule has 5 nitrogen and oxygen atoms in total. The predicted molar refractivity (Wildman–Crippen MR) is 111 cm³/mol. The van der Waals surface area contributed by atoms with Crippen LogP contribution in [0.2, 0.25) is 0 Å². The first-order valence-electron chi connectivity index (χ1n) is 8.94. The quantitative estimate of drug-likeness (QED) is 0.598. The van der Waals surface area contributed by atoms with Crippen LogP contribution >= 0.6 is 22.6 Å². The van der Waals surface area contributed by atoms with Crippen LogP contribution in [0, 0.1) is 3.57 Å². The lowest BCUT2D eigenvalue weighted by Gasteiger charge is -2.27. The normalized spacial score (nSPS) is 15.1. The van der Waals surface area contributed by atoms with Crippen molar-refractivity contribution in [3.8, 4) is 0 Å². The molecule has 0 radical (unpaired) electrons. The van der Waals surface area contributed by atoms with Crippen molar-refractivity contribution in [1.29, 1.82) is 0 Å². The zero-order valence-corrected chi connectivity index (χ0v) is 17.5. The number of nitrogens with one attached hydrogen (secondary N) is 2. The Hall–Kier alpha value is -2.14. The standard InChI is InChI=1S/C20H19F3IN3O2/c21-20(22,23)17-10-16(26-18(28)9-13-2-1-3-15(24)8-13)5-4-14(17)11-27-7-6-25-19(29)12-27/h1-5,8,10H,6-7,9,11-12H2,(H,25,29)(H,26,28). The second-order valence-electron chi connectivity index (χ2n) is 6.79. The van der Waals surface area contributed by atoms with Crippen molar-refractivity contribution in [2.45, 2.75) is 19.1 Å². The fraction of sp³-hybridized carbons (Fsp3) is 0.300. The maximum absolute atomic E-state index is 13.6. The summed E-state index contributed by atoms with van der Waals surface area (Å²) in [5.74, 6) is -0.593. The lowest BCUT2D eigenvalue weighted by atomic mass is 10.0. The van der Waals surface area contributed by atoms with Crippen molar-refractivity contribution in [3.63, 3.8) is 0 Å². The Morgan fingerprint density at radius 3 is 2.69 bits per heavy atom. The summed E-state index contributed by atoms with van der Waals surface area (Å²) in [5.41, 5.74) is 0.136. The van der Waals surface area contributed by atoms with Gasteiger partial charge in [-0.25, -0.2) is 0 Å². The lowest BCUT2D eigenvalue weighted by Crippen LogP contribution is -2.47. The van der Waals surface area contributed by atoms with Crippen LogP contribution in [0.15, 0.2) is 42.5 Å². The number of anilines is 1. The van der Waals surface area contributed by atoms with E-state index in [4.69, 9.17) is 0 Å². The van der Waals surface area contributed by atoms with Gasteiger partial charge in [-0.2, -0.15) is 13.2 Å². The minimum atomic E-state index is -4.57. The molecule has 2 aromatic carbocycles. The number of halogens is 4. The molecular weight excluding hydrogens is 498 g/mol. The van der Waals surface area contributed by atoms with Crippen molar-refractivity contribution < 1.29 is 22.8 Å². The highest BCUT2D eigenvalue weighted by Crippen LogP contribution is 2.34. The fourth-order valence-corrected chi connectivity index (χ4v) is 3.77. The summed E-state index contributed by atoms with van der Waals surface area (Å²) < 4.78 is 41.7. The molecule has 2 aromatic rings. The highest BCUT2D eigenvalue weighted by atomic mass is 127. The molecule has 1 aliphatic rings. The summed E-state index contributed by atoms with van der Waals surface area (Å²) in [5, 5.41) is 5.19. The Morgan fingerprint density at radius 2 is 2.00 bits per heavy atom. The van der Waals surface area contributed by atoms with E-state index in [1.165, 1.54) is 12.1 Å². The van der Waals surface area contributed by atoms with Crippen LogP contribution < -0.4 is 10.6 Å². The molecule has 154 valence electrons. The Labute approximate surface area is 179 Å². The summed E-state index contributed by atoms with van der Waals surface area (Å²) in [6.45, 7) is 0.967. The Bertz CT molecular complexity index is 918. The van der Waals surface area contributed by atoms with Gasteiger partial charge in [0.25, 0.3) is 0 Å². The molecule has 1 aliphatic heterocycles. The predicted octanol–water partition coefficient (Wildman–Crippen LogP) is 3.42. The van der Waals surface area contributed by atoms with Gasteiger partial charge in [-0.3, -0.25) is 14.5 Å². The third-order valence-electron chi connectivity index (χ3n) is 4.46. The molecular formula is C20H19F3IN3O2. The number of rotatable bonds is 5. The summed E-state index contributed by atoms with van der Waals surface area (Å²) in [7, 11) is 0. The van der Waals surface area contributed by atoms with Crippen molar-refractivity contribution in [2.24, 2.45) is 0 Å². The Balaban J connectivity index is 1.74. The summed E-state index contributed by atoms with van der Waals surface area (Å²) >= 11 is 2.13. The highest BCUT2D eigenvalue weighted by Gasteiger charge is 2.34. The molecule has 1 fully saturated rings. The van der Waals surface area contributed by atoms with Gasteiger partial charge < -0.3 is 10.6 Å². The van der Waals surface area contributed by atoms with E-state index < -0.39 is 11.7 Å². The van der Waals surface area contributed by atoms with Crippen molar-refractivity contribution >= 4 is 40.1 Å². The number of piperazine rings is 1. The highest BCUT2D eigenvalue weighted by molar-refractivity contribution is 14.1. The number of amides is 2. The average Bonchev–Trinajstić information content (AvgIpc) is 2.62. The zero-order valence-electron chi connectivity index (χ0n) is 15.4. The van der Waals surface area contributed by atoms with Crippen LogP contribution in [-0.4, -0.2) is 36.3 Å². The van der Waals surface area contributed by atoms with E-state index in [-0.39, 0.29) is 42.6 Å². The molecule has 0 unspecified atom stereocenters. The Morgan fingerprint density at radius 1 is 1.21 bits per heavy atom. The number of alkyl halides is 3. The molecule has 0 saturated carbocycles. The number of nitrogens with zero attached hydrogens (tertiary/aromatic N) is 1. The van der Waals surface area contributed by atoms with Gasteiger partial charge in [0.1, 0.15) is 0 Å². The molecule has 2 N–H and O–H groups in total. The van der Waals surface area contributed by atoms with Crippen LogP contribution in [0.25, 0.3) is 0 Å². The Kier molecular flexibility index (Phi) is 6.78. The van der Waals surface area contributed by atoms with Crippen LogP contribution in [0.1, 0.15) is 16.7 Å². The summed E-state index contributed by atoms with van der Waals surface area (Å²) in [6, 6.07) is 11.1. The molecule has 2 amide bonds. The van der Waals surface area contributed by atoms with Gasteiger partial charge in [0.15, 0.2) is 0 Å². The van der Waals surface area contributed by atoms with Crippen LogP contribution in [0.3, 0.4) is 0 Å². The van der Waals surface area contributed by atoms with Crippen molar-refractivity contribution in [1.82, 2.24) is 10.2 Å². The number of benzene rings is 2. The van der Waals surface area contributed by atoms with Gasteiger partial charge >= 0.3 is 6.18 Å². The zero-order chi connectivity index (χ0) is 21.0. The van der Waals surface area contributed by atoms with E-state index in [0.717, 1.165) is 15.2 Å². The maximum atomic E-state index is 13.6. The van der Waals surface area contributed by atoms with Gasteiger partial charge in [0, 0.05) is 28.9 Å². The minimum Gasteiger partial charge on any atom is -0.354 e. The van der Waals surface area contributed by atoms with Crippen LogP contribution in [0.5, 0.6) is 0 Å². The first-order valence-corrected chi connectivity index (χ1v) is 10.0. The van der Waals surface area contributed by atoms with E-state index in [1.807, 2.05) is 18.2 Å². The van der Waals surface area contributed by atoms with Gasteiger partial charge in [0.2, 0.25) is 11.8 Å². The molecule has 0 aliphatic carbocycles. The number of hydrogen-bond acceptors (Lipinski definition) is 3. The van der Waals surface area contributed by atoms with Crippen molar-refractivity contribution in [3.05, 3.63) is 62.7 Å². The van der Waals surface area contributed by atoms with E-state index in [0.29, 0.717) is 13.1 Å². The number of hydrogen-bond donors (Lipinski definition) is 2. The molecule has 9 heteroatoms. The van der Waals surface area contributed by atoms with Crippen molar-refractivity contribution in [2.75, 3.05) is 25.0 Å². The van der Waals surface area contributed by atoms with E-state index in [2.05, 4.69) is 33.2 Å². The molecule has 1 heterocycles. The molecule has 29 heavy (non-hydrogen) atoms. The van der Waals surface area contributed by atoms with E-state index in [9.17, 15) is 22.8 Å². The molecule has 0 aromatic heterocycles.